The molecule has 0 bridgehead atoms. The lowest BCUT2D eigenvalue weighted by Crippen LogP contribution is -1.85. The molecule has 1 saturated carbocycles. The molecule has 1 rings (SSSR count). The van der Waals surface area contributed by atoms with Crippen LogP contribution >= 0.6 is 0 Å². The zero-order valence-electron chi connectivity index (χ0n) is 18.4. The maximum Gasteiger partial charge on any atom is -0.0533 e. The first-order valence-corrected chi connectivity index (χ1v) is 13.0. The summed E-state index contributed by atoms with van der Waals surface area (Å²) in [7, 11) is 0. The van der Waals surface area contributed by atoms with Gasteiger partial charge in [-0.3, -0.25) is 0 Å². The Hall–Kier alpha value is 0. The minimum Gasteiger partial charge on any atom is -0.0776 e. The smallest absolute Gasteiger partial charge is 0.0533 e. The second-order valence-corrected chi connectivity index (χ2v) is 9.19. The summed E-state index contributed by atoms with van der Waals surface area (Å²) < 4.78 is 0. The van der Waals surface area contributed by atoms with Gasteiger partial charge in [-0.1, -0.05) is 174 Å². The maximum atomic E-state index is 1.50. The lowest BCUT2D eigenvalue weighted by atomic mass is 10.0. The van der Waals surface area contributed by atoms with E-state index in [9.17, 15) is 0 Å². The summed E-state index contributed by atoms with van der Waals surface area (Å²) in [5, 5.41) is 0. The standard InChI is InChI=1S/C26H52.CH4/c1-2-4-6-8-10-12-14-16-18-20-22-24-26-25-23-21-19-17-15-13-11-9-7-5-3-1;/h1-26H2;1H4. The number of rotatable bonds is 0. The van der Waals surface area contributed by atoms with Gasteiger partial charge >= 0.3 is 0 Å². The van der Waals surface area contributed by atoms with Crippen molar-refractivity contribution < 1.29 is 0 Å². The first-order chi connectivity index (χ1) is 13.0. The van der Waals surface area contributed by atoms with Gasteiger partial charge in [-0.25, -0.2) is 0 Å². The van der Waals surface area contributed by atoms with E-state index in [1.807, 2.05) is 0 Å². The highest BCUT2D eigenvalue weighted by atomic mass is 14.0. The molecule has 0 heteroatoms. The molecule has 0 spiro atoms. The van der Waals surface area contributed by atoms with Crippen molar-refractivity contribution in [1.82, 2.24) is 0 Å². The van der Waals surface area contributed by atoms with Crippen LogP contribution in [0.25, 0.3) is 0 Å². The van der Waals surface area contributed by atoms with Gasteiger partial charge in [-0.05, 0) is 0 Å². The summed E-state index contributed by atoms with van der Waals surface area (Å²) in [5.74, 6) is 0. The van der Waals surface area contributed by atoms with E-state index in [-0.39, 0.29) is 7.43 Å². The fourth-order valence-corrected chi connectivity index (χ4v) is 4.60. The van der Waals surface area contributed by atoms with E-state index in [0.29, 0.717) is 0 Å². The third-order valence-electron chi connectivity index (χ3n) is 6.50. The van der Waals surface area contributed by atoms with Crippen LogP contribution in [0.5, 0.6) is 0 Å². The Morgan fingerprint density at radius 1 is 0.111 bits per heavy atom. The molecule has 164 valence electrons. The fraction of sp³-hybridized carbons (Fsp3) is 1.00. The van der Waals surface area contributed by atoms with Crippen LogP contribution in [0.15, 0.2) is 0 Å². The van der Waals surface area contributed by atoms with Crippen LogP contribution in [-0.4, -0.2) is 0 Å². The van der Waals surface area contributed by atoms with Gasteiger partial charge in [0.15, 0.2) is 0 Å². The van der Waals surface area contributed by atoms with Crippen LogP contribution in [0.2, 0.25) is 0 Å². The largest absolute Gasteiger partial charge is 0.0776 e. The Kier molecular flexibility index (Phi) is 24.0. The summed E-state index contributed by atoms with van der Waals surface area (Å²) in [5.41, 5.74) is 0. The second-order valence-electron chi connectivity index (χ2n) is 9.19. The minimum atomic E-state index is 0. The molecular formula is C27H56. The maximum absolute atomic E-state index is 1.50. The molecule has 0 N–H and O–H groups in total. The van der Waals surface area contributed by atoms with Gasteiger partial charge in [-0.15, -0.1) is 0 Å². The topological polar surface area (TPSA) is 0 Å². The van der Waals surface area contributed by atoms with Gasteiger partial charge in [0, 0.05) is 0 Å². The SMILES string of the molecule is C.C1CCCCCCCCCCCCCCCCCCCCCCCCC1. The third kappa shape index (κ3) is 22.2. The van der Waals surface area contributed by atoms with Crippen molar-refractivity contribution in [2.75, 3.05) is 0 Å². The fourth-order valence-electron chi connectivity index (χ4n) is 4.60. The Morgan fingerprint density at radius 2 is 0.148 bits per heavy atom. The van der Waals surface area contributed by atoms with E-state index < -0.39 is 0 Å². The third-order valence-corrected chi connectivity index (χ3v) is 6.50. The second kappa shape index (κ2) is 24.0. The Balaban J connectivity index is 0.00000676. The normalized spacial score (nSPS) is 23.1. The summed E-state index contributed by atoms with van der Waals surface area (Å²) in [6, 6.07) is 0. The predicted octanol–water partition coefficient (Wildman–Crippen LogP) is 10.8. The molecule has 0 atom stereocenters. The van der Waals surface area contributed by atoms with Gasteiger partial charge in [0.05, 0.1) is 0 Å². The van der Waals surface area contributed by atoms with Crippen molar-refractivity contribution in [3.05, 3.63) is 0 Å². The molecule has 1 fully saturated rings. The van der Waals surface area contributed by atoms with Crippen LogP contribution in [0.4, 0.5) is 0 Å². The van der Waals surface area contributed by atoms with Gasteiger partial charge in [0.2, 0.25) is 0 Å². The van der Waals surface area contributed by atoms with Crippen LogP contribution in [0, 0.1) is 0 Å². The Bertz CT molecular complexity index is 122. The number of hydrogen-bond donors (Lipinski definition) is 0. The van der Waals surface area contributed by atoms with E-state index in [4.69, 9.17) is 0 Å². The zero-order chi connectivity index (χ0) is 18.4. The van der Waals surface area contributed by atoms with E-state index in [1.54, 1.807) is 0 Å². The highest BCUT2D eigenvalue weighted by Gasteiger charge is 1.97. The van der Waals surface area contributed by atoms with Crippen LogP contribution in [-0.2, 0) is 0 Å². The summed E-state index contributed by atoms with van der Waals surface area (Å²) in [6.07, 6.45) is 39.0. The van der Waals surface area contributed by atoms with Gasteiger partial charge in [0.1, 0.15) is 0 Å². The van der Waals surface area contributed by atoms with Crippen molar-refractivity contribution >= 4 is 0 Å². The van der Waals surface area contributed by atoms with Crippen molar-refractivity contribution in [1.29, 1.82) is 0 Å². The van der Waals surface area contributed by atoms with Gasteiger partial charge in [-0.2, -0.15) is 0 Å². The molecule has 27 heavy (non-hydrogen) atoms. The molecule has 0 aromatic rings. The van der Waals surface area contributed by atoms with Crippen molar-refractivity contribution in [3.8, 4) is 0 Å². The van der Waals surface area contributed by atoms with Crippen LogP contribution in [0.1, 0.15) is 174 Å². The highest BCUT2D eigenvalue weighted by Crippen LogP contribution is 2.17. The van der Waals surface area contributed by atoms with Crippen LogP contribution < -0.4 is 0 Å². The number of hydrogen-bond acceptors (Lipinski definition) is 0. The predicted molar refractivity (Wildman–Crippen MR) is 127 cm³/mol. The first-order valence-electron chi connectivity index (χ1n) is 13.0. The van der Waals surface area contributed by atoms with Gasteiger partial charge < -0.3 is 0 Å². The van der Waals surface area contributed by atoms with E-state index in [1.165, 1.54) is 167 Å². The van der Waals surface area contributed by atoms with Crippen molar-refractivity contribution in [2.24, 2.45) is 0 Å². The molecular weight excluding hydrogens is 324 g/mol. The van der Waals surface area contributed by atoms with E-state index in [2.05, 4.69) is 0 Å². The molecule has 0 radical (unpaired) electrons. The molecule has 0 heterocycles. The average molecular weight is 381 g/mol. The average Bonchev–Trinajstić information content (AvgIpc) is 2.65. The molecule has 0 unspecified atom stereocenters. The molecule has 0 saturated heterocycles. The summed E-state index contributed by atoms with van der Waals surface area (Å²) in [6.45, 7) is 0. The first kappa shape index (κ1) is 27.0. The quantitative estimate of drug-likeness (QED) is 0.392. The summed E-state index contributed by atoms with van der Waals surface area (Å²) in [4.78, 5) is 0. The highest BCUT2D eigenvalue weighted by molar-refractivity contribution is 4.53. The minimum absolute atomic E-state index is 0. The monoisotopic (exact) mass is 380 g/mol. The van der Waals surface area contributed by atoms with Crippen molar-refractivity contribution in [2.45, 2.75) is 174 Å². The van der Waals surface area contributed by atoms with Gasteiger partial charge in [0.25, 0.3) is 0 Å². The van der Waals surface area contributed by atoms with Crippen molar-refractivity contribution in [3.63, 3.8) is 0 Å². The Labute approximate surface area is 174 Å². The van der Waals surface area contributed by atoms with Crippen LogP contribution in [0.3, 0.4) is 0 Å². The van der Waals surface area contributed by atoms with E-state index >= 15 is 0 Å². The molecule has 0 aromatic heterocycles. The molecule has 1 aliphatic rings. The zero-order valence-corrected chi connectivity index (χ0v) is 18.4. The molecule has 0 aromatic carbocycles. The molecule has 0 amide bonds. The van der Waals surface area contributed by atoms with E-state index in [0.717, 1.165) is 0 Å². The Morgan fingerprint density at radius 3 is 0.185 bits per heavy atom. The molecule has 0 aliphatic heterocycles. The lowest BCUT2D eigenvalue weighted by Gasteiger charge is -2.05. The summed E-state index contributed by atoms with van der Waals surface area (Å²) >= 11 is 0. The molecule has 1 aliphatic carbocycles. The molecule has 0 nitrogen and oxygen atoms in total. The lowest BCUT2D eigenvalue weighted by molar-refractivity contribution is 0.504.